The van der Waals surface area contributed by atoms with Crippen molar-refractivity contribution in [3.05, 3.63) is 35.1 Å². The Morgan fingerprint density at radius 3 is 2.27 bits per heavy atom. The smallest absolute Gasteiger partial charge is 0.290 e. The van der Waals surface area contributed by atoms with Gasteiger partial charge in [0, 0.05) is 31.7 Å². The molecular formula is C13H16ClF5N2O. The van der Waals surface area contributed by atoms with Gasteiger partial charge in [-0.25, -0.2) is 22.0 Å². The van der Waals surface area contributed by atoms with Gasteiger partial charge >= 0.3 is 0 Å². The summed E-state index contributed by atoms with van der Waals surface area (Å²) in [6.45, 7) is -0.343. The van der Waals surface area contributed by atoms with E-state index in [1.807, 2.05) is 0 Å². The van der Waals surface area contributed by atoms with Crippen LogP contribution in [0.1, 0.15) is 11.6 Å². The zero-order valence-corrected chi connectivity index (χ0v) is 12.3. The number of nitrogens with one attached hydrogen (secondary N) is 1. The van der Waals surface area contributed by atoms with E-state index in [1.54, 1.807) is 0 Å². The maximum absolute atomic E-state index is 14.0. The molecule has 0 bridgehead atoms. The average Bonchev–Trinajstić information content (AvgIpc) is 2.48. The fourth-order valence-electron chi connectivity index (χ4n) is 2.47. The third-order valence-corrected chi connectivity index (χ3v) is 3.49. The number of halogens is 6. The molecule has 1 saturated heterocycles. The molecule has 0 saturated carbocycles. The standard InChI is InChI=1S/C13H15F5N2O.ClH/c14-9-2-1-8(10(15)11(9)16)12(13(17,18)7-21)20-5-3-19-4-6-20;/h1-2,12,19,21H,3-7H2;1H/t12-;/m0./s1. The highest BCUT2D eigenvalue weighted by Gasteiger charge is 2.45. The molecule has 1 aromatic carbocycles. The molecule has 0 aliphatic carbocycles. The number of hydrogen-bond acceptors (Lipinski definition) is 3. The molecule has 1 aliphatic heterocycles. The van der Waals surface area contributed by atoms with Crippen molar-refractivity contribution in [3.63, 3.8) is 0 Å². The maximum atomic E-state index is 14.0. The first-order valence-corrected chi connectivity index (χ1v) is 6.45. The Labute approximate surface area is 130 Å². The Morgan fingerprint density at radius 1 is 1.14 bits per heavy atom. The molecule has 126 valence electrons. The van der Waals surface area contributed by atoms with Crippen LogP contribution in [-0.2, 0) is 0 Å². The van der Waals surface area contributed by atoms with Crippen molar-refractivity contribution in [3.8, 4) is 0 Å². The Bertz CT molecular complexity index is 511. The lowest BCUT2D eigenvalue weighted by atomic mass is 9.97. The molecule has 0 spiro atoms. The molecule has 9 heteroatoms. The molecule has 0 aromatic heterocycles. The Balaban J connectivity index is 0.00000242. The highest BCUT2D eigenvalue weighted by Crippen LogP contribution is 2.38. The first-order valence-electron chi connectivity index (χ1n) is 6.45. The zero-order valence-electron chi connectivity index (χ0n) is 11.5. The summed E-state index contributed by atoms with van der Waals surface area (Å²) in [7, 11) is 0. The molecule has 2 N–H and O–H groups in total. The second kappa shape index (κ2) is 7.54. The second-order valence-corrected chi connectivity index (χ2v) is 4.87. The minimum absolute atomic E-state index is 0. The lowest BCUT2D eigenvalue weighted by Crippen LogP contribution is -2.51. The number of piperazine rings is 1. The summed E-state index contributed by atoms with van der Waals surface area (Å²) in [5.74, 6) is -8.56. The van der Waals surface area contributed by atoms with Crippen LogP contribution in [-0.4, -0.2) is 48.7 Å². The van der Waals surface area contributed by atoms with Crippen molar-refractivity contribution < 1.29 is 27.1 Å². The summed E-state index contributed by atoms with van der Waals surface area (Å²) in [5.41, 5.74) is -0.658. The van der Waals surface area contributed by atoms with Crippen LogP contribution in [0.15, 0.2) is 12.1 Å². The average molecular weight is 347 g/mol. The minimum atomic E-state index is -3.68. The molecule has 2 rings (SSSR count). The van der Waals surface area contributed by atoms with Crippen LogP contribution in [0.4, 0.5) is 22.0 Å². The molecule has 22 heavy (non-hydrogen) atoms. The van der Waals surface area contributed by atoms with Gasteiger partial charge in [-0.05, 0) is 6.07 Å². The highest BCUT2D eigenvalue weighted by molar-refractivity contribution is 5.85. The zero-order chi connectivity index (χ0) is 15.6. The molecule has 3 nitrogen and oxygen atoms in total. The summed E-state index contributed by atoms with van der Waals surface area (Å²) in [6.07, 6.45) is 0. The van der Waals surface area contributed by atoms with Gasteiger partial charge in [-0.3, -0.25) is 4.90 Å². The minimum Gasteiger partial charge on any atom is -0.390 e. The molecule has 1 fully saturated rings. The second-order valence-electron chi connectivity index (χ2n) is 4.87. The lowest BCUT2D eigenvalue weighted by molar-refractivity contribution is -0.119. The number of aliphatic hydroxyl groups excluding tert-OH is 1. The molecule has 1 aromatic rings. The van der Waals surface area contributed by atoms with Gasteiger partial charge in [-0.1, -0.05) is 6.07 Å². The first kappa shape index (κ1) is 19.1. The van der Waals surface area contributed by atoms with Crippen LogP contribution in [0.3, 0.4) is 0 Å². The van der Waals surface area contributed by atoms with Crippen LogP contribution >= 0.6 is 12.4 Å². The third kappa shape index (κ3) is 3.68. The van der Waals surface area contributed by atoms with Gasteiger partial charge in [-0.2, -0.15) is 0 Å². The topological polar surface area (TPSA) is 35.5 Å². The monoisotopic (exact) mass is 346 g/mol. The highest BCUT2D eigenvalue weighted by atomic mass is 35.5. The number of rotatable bonds is 4. The predicted octanol–water partition coefficient (Wildman–Crippen LogP) is 2.10. The number of aliphatic hydroxyl groups is 1. The van der Waals surface area contributed by atoms with E-state index in [2.05, 4.69) is 5.32 Å². The fraction of sp³-hybridized carbons (Fsp3) is 0.538. The number of benzene rings is 1. The Hall–Kier alpha value is -0.960. The number of hydrogen-bond donors (Lipinski definition) is 2. The van der Waals surface area contributed by atoms with Gasteiger partial charge < -0.3 is 10.4 Å². The molecule has 0 radical (unpaired) electrons. The number of alkyl halides is 2. The van der Waals surface area contributed by atoms with Crippen molar-refractivity contribution in [1.29, 1.82) is 0 Å². The maximum Gasteiger partial charge on any atom is 0.290 e. The van der Waals surface area contributed by atoms with Gasteiger partial charge in [0.05, 0.1) is 0 Å². The Kier molecular flexibility index (Phi) is 6.54. The molecule has 1 heterocycles. The van der Waals surface area contributed by atoms with E-state index in [0.717, 1.165) is 6.07 Å². The van der Waals surface area contributed by atoms with Crippen molar-refractivity contribution in [2.45, 2.75) is 12.0 Å². The van der Waals surface area contributed by atoms with Crippen molar-refractivity contribution in [1.82, 2.24) is 10.2 Å². The van der Waals surface area contributed by atoms with Crippen molar-refractivity contribution in [2.75, 3.05) is 32.8 Å². The third-order valence-electron chi connectivity index (χ3n) is 3.49. The SMILES string of the molecule is Cl.OCC(F)(F)[C@H](c1ccc(F)c(F)c1F)N1CCNCC1. The van der Waals surface area contributed by atoms with E-state index in [-0.39, 0.29) is 25.5 Å². The summed E-state index contributed by atoms with van der Waals surface area (Å²) in [4.78, 5) is 1.25. The van der Waals surface area contributed by atoms with E-state index in [9.17, 15) is 22.0 Å². The van der Waals surface area contributed by atoms with Crippen molar-refractivity contribution in [2.24, 2.45) is 0 Å². The van der Waals surface area contributed by atoms with Crippen LogP contribution in [0, 0.1) is 17.5 Å². The van der Waals surface area contributed by atoms with Gasteiger partial charge in [-0.15, -0.1) is 12.4 Å². The van der Waals surface area contributed by atoms with Crippen molar-refractivity contribution >= 4 is 12.4 Å². The fourth-order valence-corrected chi connectivity index (χ4v) is 2.47. The van der Waals surface area contributed by atoms with Gasteiger partial charge in [0.25, 0.3) is 5.92 Å². The van der Waals surface area contributed by atoms with Gasteiger partial charge in [0.2, 0.25) is 0 Å². The van der Waals surface area contributed by atoms with E-state index >= 15 is 0 Å². The Morgan fingerprint density at radius 2 is 1.73 bits per heavy atom. The number of nitrogens with zero attached hydrogens (tertiary/aromatic N) is 1. The van der Waals surface area contributed by atoms with Crippen LogP contribution in [0.2, 0.25) is 0 Å². The quantitative estimate of drug-likeness (QED) is 0.647. The van der Waals surface area contributed by atoms with Crippen LogP contribution in [0.25, 0.3) is 0 Å². The summed E-state index contributed by atoms with van der Waals surface area (Å²) in [5, 5.41) is 11.8. The molecular weight excluding hydrogens is 331 g/mol. The molecule has 0 unspecified atom stereocenters. The van der Waals surface area contributed by atoms with E-state index in [4.69, 9.17) is 5.11 Å². The first-order chi connectivity index (χ1) is 9.88. The largest absolute Gasteiger partial charge is 0.390 e. The van der Waals surface area contributed by atoms with E-state index in [0.29, 0.717) is 19.2 Å². The van der Waals surface area contributed by atoms with E-state index < -0.39 is 41.6 Å². The summed E-state index contributed by atoms with van der Waals surface area (Å²) in [6, 6.07) is -0.444. The van der Waals surface area contributed by atoms with Crippen LogP contribution < -0.4 is 5.32 Å². The molecule has 1 atom stereocenters. The van der Waals surface area contributed by atoms with Gasteiger partial charge in [0.1, 0.15) is 12.6 Å². The lowest BCUT2D eigenvalue weighted by Gasteiger charge is -2.38. The normalized spacial score (nSPS) is 17.9. The van der Waals surface area contributed by atoms with E-state index in [1.165, 1.54) is 4.90 Å². The van der Waals surface area contributed by atoms with Gasteiger partial charge in [0.15, 0.2) is 17.5 Å². The predicted molar refractivity (Wildman–Crippen MR) is 72.8 cm³/mol. The summed E-state index contributed by atoms with van der Waals surface area (Å²) >= 11 is 0. The molecule has 1 aliphatic rings. The van der Waals surface area contributed by atoms with Crippen LogP contribution in [0.5, 0.6) is 0 Å². The summed E-state index contributed by atoms with van der Waals surface area (Å²) < 4.78 is 68.2. The molecule has 0 amide bonds.